The van der Waals surface area contributed by atoms with Crippen LogP contribution in [0.4, 0.5) is 0 Å². The molecule has 2 unspecified atom stereocenters. The number of methoxy groups -OCH3 is 1. The highest BCUT2D eigenvalue weighted by Gasteiger charge is 2.11. The molecule has 0 aliphatic carbocycles. The van der Waals surface area contributed by atoms with Crippen LogP contribution in [0.1, 0.15) is 45.7 Å². The minimum Gasteiger partial charge on any atom is -0.493 e. The SMILES string of the molecule is CCC(COC)NC(C)c1ccc(OCC(C)C)cc1. The lowest BCUT2D eigenvalue weighted by Gasteiger charge is -2.22. The normalized spacial score (nSPS) is 14.3. The zero-order chi connectivity index (χ0) is 15.0. The molecule has 0 bridgehead atoms. The van der Waals surface area contributed by atoms with Crippen LogP contribution in [0.15, 0.2) is 24.3 Å². The van der Waals surface area contributed by atoms with E-state index in [4.69, 9.17) is 9.47 Å². The summed E-state index contributed by atoms with van der Waals surface area (Å²) in [5, 5.41) is 3.59. The molecular weight excluding hydrogens is 250 g/mol. The largest absolute Gasteiger partial charge is 0.493 e. The van der Waals surface area contributed by atoms with Crippen LogP contribution in [0.5, 0.6) is 5.75 Å². The molecule has 0 saturated carbocycles. The van der Waals surface area contributed by atoms with Crippen LogP contribution in [0.2, 0.25) is 0 Å². The van der Waals surface area contributed by atoms with E-state index in [1.807, 2.05) is 12.1 Å². The Morgan fingerprint density at radius 2 is 1.70 bits per heavy atom. The van der Waals surface area contributed by atoms with Crippen LogP contribution in [-0.4, -0.2) is 26.4 Å². The maximum Gasteiger partial charge on any atom is 0.119 e. The molecule has 3 nitrogen and oxygen atoms in total. The Morgan fingerprint density at radius 1 is 1.05 bits per heavy atom. The summed E-state index contributed by atoms with van der Waals surface area (Å²) in [5.41, 5.74) is 1.27. The second kappa shape index (κ2) is 8.98. The molecule has 0 fully saturated rings. The molecule has 0 amide bonds. The highest BCUT2D eigenvalue weighted by molar-refractivity contribution is 5.29. The van der Waals surface area contributed by atoms with Gasteiger partial charge >= 0.3 is 0 Å². The van der Waals surface area contributed by atoms with Crippen molar-refractivity contribution in [2.45, 2.75) is 46.2 Å². The predicted molar refractivity (Wildman–Crippen MR) is 84.3 cm³/mol. The van der Waals surface area contributed by atoms with Gasteiger partial charge in [-0.1, -0.05) is 32.9 Å². The van der Waals surface area contributed by atoms with Crippen molar-refractivity contribution < 1.29 is 9.47 Å². The summed E-state index contributed by atoms with van der Waals surface area (Å²) >= 11 is 0. The monoisotopic (exact) mass is 279 g/mol. The number of benzene rings is 1. The predicted octanol–water partition coefficient (Wildman–Crippen LogP) is 3.80. The van der Waals surface area contributed by atoms with Crippen molar-refractivity contribution in [2.24, 2.45) is 5.92 Å². The smallest absolute Gasteiger partial charge is 0.119 e. The summed E-state index contributed by atoms with van der Waals surface area (Å²) in [5.74, 6) is 1.49. The lowest BCUT2D eigenvalue weighted by atomic mass is 10.1. The van der Waals surface area contributed by atoms with E-state index in [2.05, 4.69) is 45.1 Å². The van der Waals surface area contributed by atoms with Crippen molar-refractivity contribution in [3.63, 3.8) is 0 Å². The summed E-state index contributed by atoms with van der Waals surface area (Å²) in [6.45, 7) is 10.2. The molecule has 3 heteroatoms. The second-order valence-corrected chi connectivity index (χ2v) is 5.72. The highest BCUT2D eigenvalue weighted by Crippen LogP contribution is 2.19. The average molecular weight is 279 g/mol. The third-order valence-corrected chi connectivity index (χ3v) is 3.31. The Bertz CT molecular complexity index is 362. The van der Waals surface area contributed by atoms with Gasteiger partial charge in [0.2, 0.25) is 0 Å². The standard InChI is InChI=1S/C17H29NO2/c1-6-16(12-19-5)18-14(4)15-7-9-17(10-8-15)20-11-13(2)3/h7-10,13-14,16,18H,6,11-12H2,1-5H3. The third kappa shape index (κ3) is 5.93. The fourth-order valence-corrected chi connectivity index (χ4v) is 2.05. The highest BCUT2D eigenvalue weighted by atomic mass is 16.5. The van der Waals surface area contributed by atoms with E-state index >= 15 is 0 Å². The number of nitrogens with one attached hydrogen (secondary N) is 1. The van der Waals surface area contributed by atoms with Gasteiger partial charge in [0.1, 0.15) is 5.75 Å². The summed E-state index contributed by atoms with van der Waals surface area (Å²) in [6.07, 6.45) is 1.06. The van der Waals surface area contributed by atoms with E-state index in [1.165, 1.54) is 5.56 Å². The molecule has 1 aromatic carbocycles. The Hall–Kier alpha value is -1.06. The van der Waals surface area contributed by atoms with Crippen molar-refractivity contribution >= 4 is 0 Å². The van der Waals surface area contributed by atoms with Gasteiger partial charge in [0.15, 0.2) is 0 Å². The van der Waals surface area contributed by atoms with E-state index < -0.39 is 0 Å². The molecule has 2 atom stereocenters. The molecule has 0 radical (unpaired) electrons. The third-order valence-electron chi connectivity index (χ3n) is 3.31. The van der Waals surface area contributed by atoms with Gasteiger partial charge in [0.25, 0.3) is 0 Å². The molecule has 0 heterocycles. The second-order valence-electron chi connectivity index (χ2n) is 5.72. The Balaban J connectivity index is 2.54. The van der Waals surface area contributed by atoms with Gasteiger partial charge in [0.05, 0.1) is 13.2 Å². The summed E-state index contributed by atoms with van der Waals surface area (Å²) in [7, 11) is 1.75. The van der Waals surface area contributed by atoms with Crippen LogP contribution < -0.4 is 10.1 Å². The Morgan fingerprint density at radius 3 is 2.20 bits per heavy atom. The molecule has 0 aliphatic heterocycles. The Kier molecular flexibility index (Phi) is 7.63. The first-order valence-corrected chi connectivity index (χ1v) is 7.54. The average Bonchev–Trinajstić information content (AvgIpc) is 2.45. The molecule has 1 rings (SSSR count). The van der Waals surface area contributed by atoms with Crippen molar-refractivity contribution in [3.05, 3.63) is 29.8 Å². The van der Waals surface area contributed by atoms with Crippen LogP contribution in [0.25, 0.3) is 0 Å². The van der Waals surface area contributed by atoms with Gasteiger partial charge in [-0.05, 0) is 37.0 Å². The van der Waals surface area contributed by atoms with Gasteiger partial charge in [-0.25, -0.2) is 0 Å². The van der Waals surface area contributed by atoms with Crippen LogP contribution in [0, 0.1) is 5.92 Å². The lowest BCUT2D eigenvalue weighted by molar-refractivity contribution is 0.159. The van der Waals surface area contributed by atoms with Crippen molar-refractivity contribution in [1.29, 1.82) is 0 Å². The van der Waals surface area contributed by atoms with Gasteiger partial charge in [0, 0.05) is 19.2 Å². The maximum atomic E-state index is 5.70. The topological polar surface area (TPSA) is 30.5 Å². The van der Waals surface area contributed by atoms with Gasteiger partial charge in [-0.15, -0.1) is 0 Å². The fourth-order valence-electron chi connectivity index (χ4n) is 2.05. The molecule has 0 spiro atoms. The lowest BCUT2D eigenvalue weighted by Crippen LogP contribution is -2.34. The molecule has 114 valence electrons. The molecule has 0 aromatic heterocycles. The summed E-state index contributed by atoms with van der Waals surface area (Å²) < 4.78 is 10.9. The van der Waals surface area contributed by atoms with Gasteiger partial charge in [-0.3, -0.25) is 0 Å². The van der Waals surface area contributed by atoms with Crippen molar-refractivity contribution in [3.8, 4) is 5.75 Å². The van der Waals surface area contributed by atoms with Crippen LogP contribution >= 0.6 is 0 Å². The maximum absolute atomic E-state index is 5.70. The molecule has 1 N–H and O–H groups in total. The van der Waals surface area contributed by atoms with E-state index in [-0.39, 0.29) is 0 Å². The number of hydrogen-bond donors (Lipinski definition) is 1. The van der Waals surface area contributed by atoms with Crippen molar-refractivity contribution in [2.75, 3.05) is 20.3 Å². The number of rotatable bonds is 9. The summed E-state index contributed by atoms with van der Waals surface area (Å²) in [6, 6.07) is 9.07. The Labute approximate surface area is 123 Å². The quantitative estimate of drug-likeness (QED) is 0.746. The number of hydrogen-bond acceptors (Lipinski definition) is 3. The van der Waals surface area contributed by atoms with Crippen LogP contribution in [0.3, 0.4) is 0 Å². The first kappa shape index (κ1) is 17.0. The van der Waals surface area contributed by atoms with E-state index in [1.54, 1.807) is 7.11 Å². The van der Waals surface area contributed by atoms with Gasteiger partial charge < -0.3 is 14.8 Å². The van der Waals surface area contributed by atoms with Crippen molar-refractivity contribution in [1.82, 2.24) is 5.32 Å². The fraction of sp³-hybridized carbons (Fsp3) is 0.647. The zero-order valence-electron chi connectivity index (χ0n) is 13.5. The first-order valence-electron chi connectivity index (χ1n) is 7.54. The molecule has 0 aliphatic rings. The molecule has 1 aromatic rings. The molecule has 20 heavy (non-hydrogen) atoms. The minimum atomic E-state index is 0.314. The van der Waals surface area contributed by atoms with Gasteiger partial charge in [-0.2, -0.15) is 0 Å². The minimum absolute atomic E-state index is 0.314. The number of ether oxygens (including phenoxy) is 2. The van der Waals surface area contributed by atoms with E-state index in [9.17, 15) is 0 Å². The molecular formula is C17H29NO2. The van der Waals surface area contributed by atoms with Crippen LogP contribution in [-0.2, 0) is 4.74 Å². The van der Waals surface area contributed by atoms with E-state index in [0.29, 0.717) is 18.0 Å². The first-order chi connectivity index (χ1) is 9.56. The van der Waals surface area contributed by atoms with E-state index in [0.717, 1.165) is 25.4 Å². The molecule has 0 saturated heterocycles. The zero-order valence-corrected chi connectivity index (χ0v) is 13.5. The summed E-state index contributed by atoms with van der Waals surface area (Å²) in [4.78, 5) is 0.